The van der Waals surface area contributed by atoms with Gasteiger partial charge in [-0.3, -0.25) is 0 Å². The van der Waals surface area contributed by atoms with Gasteiger partial charge < -0.3 is 29.5 Å². The number of anilines is 2. The molecule has 262 valence electrons. The molecule has 0 bridgehead atoms. The summed E-state index contributed by atoms with van der Waals surface area (Å²) in [6, 6.07) is 20.8. The Kier molecular flexibility index (Phi) is 9.88. The van der Waals surface area contributed by atoms with Crippen LogP contribution in [0.25, 0.3) is 22.0 Å². The Labute approximate surface area is 304 Å². The fourth-order valence-corrected chi connectivity index (χ4v) is 7.71. The standard InChI is InChI=1S/C36H37IN4O8S/c1-6-47-33-27(8-7-19-38-33)30-31-29(41(34(30)42)50(44,45)26-15-13-25(46-5)14-16-26)18-17-28(37)32(31)39-24-11-9-22(10-12-24)23-20-40(21-23)49-35(43)48-36(2,3)4/h7-19,23,39,42H,6,20-21H2,1-5H3. The molecule has 5 aromatic rings. The van der Waals surface area contributed by atoms with Crippen molar-refractivity contribution in [1.82, 2.24) is 14.0 Å². The van der Waals surface area contributed by atoms with Crippen molar-refractivity contribution in [2.24, 2.45) is 0 Å². The number of nitrogens with zero attached hydrogens (tertiary/aromatic N) is 3. The molecule has 0 radical (unpaired) electrons. The number of methoxy groups -OCH3 is 1. The van der Waals surface area contributed by atoms with E-state index in [1.54, 1.807) is 68.4 Å². The number of nitrogens with one attached hydrogen (secondary N) is 1. The molecule has 6 rings (SSSR count). The van der Waals surface area contributed by atoms with E-state index in [1.165, 1.54) is 19.2 Å². The van der Waals surface area contributed by atoms with Gasteiger partial charge in [0.25, 0.3) is 10.0 Å². The predicted octanol–water partition coefficient (Wildman–Crippen LogP) is 7.67. The summed E-state index contributed by atoms with van der Waals surface area (Å²) in [4.78, 5) is 21.7. The number of benzene rings is 3. The zero-order valence-corrected chi connectivity index (χ0v) is 31.1. The summed E-state index contributed by atoms with van der Waals surface area (Å²) in [5.74, 6) is 0.441. The Balaban J connectivity index is 1.38. The Morgan fingerprint density at radius 3 is 2.38 bits per heavy atom. The molecule has 0 unspecified atom stereocenters. The van der Waals surface area contributed by atoms with Crippen LogP contribution in [0.4, 0.5) is 16.2 Å². The number of halogens is 1. The molecule has 2 N–H and O–H groups in total. The first-order valence-electron chi connectivity index (χ1n) is 15.9. The van der Waals surface area contributed by atoms with Crippen LogP contribution in [-0.4, -0.2) is 66.1 Å². The number of hydrogen-bond acceptors (Lipinski definition) is 11. The lowest BCUT2D eigenvalue weighted by Crippen LogP contribution is -2.46. The first-order valence-corrected chi connectivity index (χ1v) is 18.4. The van der Waals surface area contributed by atoms with Gasteiger partial charge in [-0.2, -0.15) is 0 Å². The van der Waals surface area contributed by atoms with E-state index in [0.717, 1.165) is 18.8 Å². The smallest absolute Gasteiger partial charge is 0.497 e. The topological polar surface area (TPSA) is 141 Å². The SMILES string of the molecule is CCOc1ncccc1-c1c(O)n(S(=O)(=O)c2ccc(OC)cc2)c2ccc(I)c(Nc3ccc(C4CN(OC(=O)OC(C)(C)C)C4)cc3)c12. The first kappa shape index (κ1) is 35.3. The maximum absolute atomic E-state index is 14.2. The molecule has 50 heavy (non-hydrogen) atoms. The van der Waals surface area contributed by atoms with Gasteiger partial charge in [-0.05, 0) is 117 Å². The van der Waals surface area contributed by atoms with E-state index in [2.05, 4.69) is 32.9 Å². The zero-order valence-electron chi connectivity index (χ0n) is 28.1. The monoisotopic (exact) mass is 812 g/mol. The lowest BCUT2D eigenvalue weighted by molar-refractivity contribution is -0.182. The molecule has 0 saturated carbocycles. The fraction of sp³-hybridized carbons (Fsp3) is 0.278. The van der Waals surface area contributed by atoms with Crippen molar-refractivity contribution >= 4 is 61.0 Å². The van der Waals surface area contributed by atoms with Gasteiger partial charge in [0.1, 0.15) is 11.4 Å². The van der Waals surface area contributed by atoms with Crippen molar-refractivity contribution in [3.63, 3.8) is 0 Å². The van der Waals surface area contributed by atoms with Gasteiger partial charge in [0.05, 0.1) is 40.9 Å². The van der Waals surface area contributed by atoms with Crippen molar-refractivity contribution in [3.05, 3.63) is 88.1 Å². The molecule has 1 aliphatic rings. The summed E-state index contributed by atoms with van der Waals surface area (Å²) in [6.07, 6.45) is 0.851. The Morgan fingerprint density at radius 2 is 1.74 bits per heavy atom. The summed E-state index contributed by atoms with van der Waals surface area (Å²) in [5.41, 5.74) is 2.72. The first-order chi connectivity index (χ1) is 23.8. The van der Waals surface area contributed by atoms with Gasteiger partial charge in [0, 0.05) is 39.8 Å². The molecule has 0 aliphatic carbocycles. The second-order valence-corrected chi connectivity index (χ2v) is 15.5. The van der Waals surface area contributed by atoms with Crippen LogP contribution >= 0.6 is 22.6 Å². The molecule has 0 spiro atoms. The number of pyridine rings is 1. The molecule has 12 nitrogen and oxygen atoms in total. The summed E-state index contributed by atoms with van der Waals surface area (Å²) < 4.78 is 46.5. The van der Waals surface area contributed by atoms with E-state index >= 15 is 0 Å². The number of hydrogen-bond donors (Lipinski definition) is 2. The van der Waals surface area contributed by atoms with E-state index in [0.29, 0.717) is 42.1 Å². The number of rotatable bonds is 10. The zero-order chi connectivity index (χ0) is 35.8. The minimum absolute atomic E-state index is 0.0250. The fourth-order valence-electron chi connectivity index (χ4n) is 5.70. The number of fused-ring (bicyclic) bond motifs is 1. The number of ether oxygens (including phenoxy) is 3. The highest BCUT2D eigenvalue weighted by Gasteiger charge is 2.34. The van der Waals surface area contributed by atoms with E-state index < -0.39 is 27.7 Å². The average Bonchev–Trinajstić information content (AvgIpc) is 3.36. The van der Waals surface area contributed by atoms with Gasteiger partial charge in [-0.25, -0.2) is 22.2 Å². The Bertz CT molecular complexity index is 2140. The summed E-state index contributed by atoms with van der Waals surface area (Å²) >= 11 is 2.19. The van der Waals surface area contributed by atoms with Crippen LogP contribution in [0.1, 0.15) is 39.2 Å². The minimum atomic E-state index is -4.29. The summed E-state index contributed by atoms with van der Waals surface area (Å²) in [6.45, 7) is 8.56. The van der Waals surface area contributed by atoms with Crippen LogP contribution in [0.2, 0.25) is 0 Å². The maximum Gasteiger partial charge on any atom is 0.528 e. The van der Waals surface area contributed by atoms with Gasteiger partial charge in [-0.15, -0.1) is 5.06 Å². The van der Waals surface area contributed by atoms with Crippen LogP contribution in [0.5, 0.6) is 17.5 Å². The molecular weight excluding hydrogens is 775 g/mol. The van der Waals surface area contributed by atoms with Crippen LogP contribution in [0, 0.1) is 3.57 Å². The Morgan fingerprint density at radius 1 is 1.04 bits per heavy atom. The molecule has 1 aliphatic heterocycles. The number of carbonyl (C=O) groups excluding carboxylic acids is 1. The summed E-state index contributed by atoms with van der Waals surface area (Å²) in [5, 5.41) is 17.4. The second kappa shape index (κ2) is 14.0. The van der Waals surface area contributed by atoms with Crippen molar-refractivity contribution in [2.75, 3.05) is 32.1 Å². The van der Waals surface area contributed by atoms with Crippen LogP contribution in [-0.2, 0) is 19.6 Å². The van der Waals surface area contributed by atoms with Crippen molar-refractivity contribution in [2.45, 2.75) is 44.1 Å². The molecule has 3 aromatic carbocycles. The van der Waals surface area contributed by atoms with Crippen molar-refractivity contribution in [3.8, 4) is 28.6 Å². The molecule has 3 heterocycles. The van der Waals surface area contributed by atoms with E-state index in [-0.39, 0.29) is 27.8 Å². The number of carbonyl (C=O) groups is 1. The number of aromatic nitrogens is 2. The Hall–Kier alpha value is -4.54. The maximum atomic E-state index is 14.2. The van der Waals surface area contributed by atoms with Gasteiger partial charge in [0.2, 0.25) is 11.8 Å². The molecule has 14 heteroatoms. The number of aromatic hydroxyl groups is 1. The predicted molar refractivity (Wildman–Crippen MR) is 198 cm³/mol. The normalized spacial score (nSPS) is 13.9. The molecular formula is C36H37IN4O8S. The lowest BCUT2D eigenvalue weighted by Gasteiger charge is -2.37. The van der Waals surface area contributed by atoms with Gasteiger partial charge >= 0.3 is 6.16 Å². The number of hydroxylamine groups is 2. The molecule has 0 atom stereocenters. The highest BCUT2D eigenvalue weighted by atomic mass is 127. The third-order valence-electron chi connectivity index (χ3n) is 8.03. The van der Waals surface area contributed by atoms with Crippen LogP contribution in [0.3, 0.4) is 0 Å². The summed E-state index contributed by atoms with van der Waals surface area (Å²) in [7, 11) is -2.79. The largest absolute Gasteiger partial charge is 0.528 e. The van der Waals surface area contributed by atoms with Gasteiger partial charge in [-0.1, -0.05) is 12.1 Å². The lowest BCUT2D eigenvalue weighted by atomic mass is 9.93. The van der Waals surface area contributed by atoms with E-state index in [9.17, 15) is 18.3 Å². The minimum Gasteiger partial charge on any atom is -0.497 e. The van der Waals surface area contributed by atoms with Crippen LogP contribution < -0.4 is 14.8 Å². The van der Waals surface area contributed by atoms with E-state index in [1.807, 2.05) is 31.2 Å². The van der Waals surface area contributed by atoms with Crippen LogP contribution in [0.15, 0.2) is 83.9 Å². The molecule has 1 saturated heterocycles. The molecule has 1 fully saturated rings. The third kappa shape index (κ3) is 7.04. The second-order valence-electron chi connectivity index (χ2n) is 12.6. The molecule has 2 aromatic heterocycles. The quantitative estimate of drug-likeness (QED) is 0.106. The van der Waals surface area contributed by atoms with Gasteiger partial charge in [0.15, 0.2) is 0 Å². The average molecular weight is 813 g/mol. The highest BCUT2D eigenvalue weighted by molar-refractivity contribution is 14.1. The highest BCUT2D eigenvalue weighted by Crippen LogP contribution is 2.48. The van der Waals surface area contributed by atoms with E-state index in [4.69, 9.17) is 19.0 Å². The third-order valence-corrected chi connectivity index (χ3v) is 10.6. The molecule has 0 amide bonds. The van der Waals surface area contributed by atoms with Crippen molar-refractivity contribution in [1.29, 1.82) is 0 Å². The van der Waals surface area contributed by atoms with Crippen molar-refractivity contribution < 1.29 is 37.4 Å².